The number of amides is 4. The van der Waals surface area contributed by atoms with E-state index in [1.54, 1.807) is 0 Å². The fourth-order valence-corrected chi connectivity index (χ4v) is 10.0. The number of benzene rings is 5. The van der Waals surface area contributed by atoms with Gasteiger partial charge in [0.15, 0.2) is 0 Å². The largest absolute Gasteiger partial charge is 0.453 e. The van der Waals surface area contributed by atoms with Gasteiger partial charge in [-0.2, -0.15) is 0 Å². The molecule has 14 nitrogen and oxygen atoms in total. The Hall–Kier alpha value is -7.66. The Balaban J connectivity index is 0.827. The molecule has 0 radical (unpaired) electrons. The number of aromatic amines is 2. The van der Waals surface area contributed by atoms with Gasteiger partial charge in [0.2, 0.25) is 0 Å². The molecular weight excluding hydrogens is 809 g/mol. The number of nitrogens with zero attached hydrogens (tertiary/aromatic N) is 4. The van der Waals surface area contributed by atoms with Crippen LogP contribution in [0.3, 0.4) is 0 Å². The van der Waals surface area contributed by atoms with E-state index in [9.17, 15) is 19.2 Å². The number of rotatable bonds is 8. The first-order valence-electron chi connectivity index (χ1n) is 21.6. The number of carbonyl (C=O) groups excluding carboxylic acids is 4. The van der Waals surface area contributed by atoms with Crippen molar-refractivity contribution in [1.82, 2.24) is 40.4 Å². The molecule has 2 aromatic heterocycles. The molecule has 2 saturated carbocycles. The number of hydrogen-bond acceptors (Lipinski definition) is 8. The van der Waals surface area contributed by atoms with E-state index in [-0.39, 0.29) is 36.0 Å². The number of hydrogen-bond donors (Lipinski definition) is 4. The summed E-state index contributed by atoms with van der Waals surface area (Å²) in [7, 11) is 2.58. The van der Waals surface area contributed by atoms with Gasteiger partial charge >= 0.3 is 12.2 Å². The lowest BCUT2D eigenvalue weighted by Gasteiger charge is -2.30. The lowest BCUT2D eigenvalue weighted by atomic mass is 10.0. The number of alkyl carbamates (subject to hydrolysis) is 2. The highest BCUT2D eigenvalue weighted by Crippen LogP contribution is 2.55. The van der Waals surface area contributed by atoms with Crippen molar-refractivity contribution < 1.29 is 28.7 Å². The number of carbonyl (C=O) groups is 4. The average Bonchev–Trinajstić information content (AvgIpc) is 3.98. The van der Waals surface area contributed by atoms with Crippen molar-refractivity contribution in [1.29, 1.82) is 0 Å². The zero-order valence-electron chi connectivity index (χ0n) is 35.1. The van der Waals surface area contributed by atoms with Gasteiger partial charge in [-0.05, 0) is 90.4 Å². The predicted molar refractivity (Wildman–Crippen MR) is 237 cm³/mol. The van der Waals surface area contributed by atoms with Gasteiger partial charge in [-0.15, -0.1) is 0 Å². The number of nitrogens with one attached hydrogen (secondary N) is 4. The van der Waals surface area contributed by atoms with Gasteiger partial charge < -0.3 is 39.9 Å². The summed E-state index contributed by atoms with van der Waals surface area (Å²) in [4.78, 5) is 74.1. The van der Waals surface area contributed by atoms with Crippen LogP contribution in [-0.4, -0.2) is 80.0 Å². The Morgan fingerprint density at radius 1 is 0.625 bits per heavy atom. The summed E-state index contributed by atoms with van der Waals surface area (Å²) in [5, 5.41) is 7.48. The maximum absolute atomic E-state index is 14.3. The van der Waals surface area contributed by atoms with Crippen LogP contribution in [0.25, 0.3) is 32.8 Å². The first-order valence-corrected chi connectivity index (χ1v) is 21.6. The molecule has 4 aliphatic rings. The molecule has 0 unspecified atom stereocenters. The highest BCUT2D eigenvalue weighted by Gasteiger charge is 2.57. The third-order valence-electron chi connectivity index (χ3n) is 13.3. The number of likely N-dealkylation sites (tertiary alicyclic amines) is 2. The Labute approximate surface area is 367 Å². The Kier molecular flexibility index (Phi) is 9.56. The molecule has 4 fully saturated rings. The van der Waals surface area contributed by atoms with Crippen molar-refractivity contribution in [2.45, 2.75) is 61.9 Å². The van der Waals surface area contributed by atoms with Gasteiger partial charge in [-0.25, -0.2) is 19.6 Å². The van der Waals surface area contributed by atoms with Gasteiger partial charge in [0.05, 0.1) is 48.4 Å². The second-order valence-corrected chi connectivity index (χ2v) is 17.2. The monoisotopic (exact) mass is 852 g/mol. The van der Waals surface area contributed by atoms with Crippen molar-refractivity contribution in [3.63, 3.8) is 0 Å². The number of methoxy groups -OCH3 is 2. The Morgan fingerprint density at radius 3 is 1.73 bits per heavy atom. The SMILES string of the molecule is COC(=O)N[C@H](C(=O)N1[C@@H]2C[C@@H]2C[C@H]1c1nc2ccc(C#Cc3ccc4c(ccc5[nH]c([C@@H]6C[C@H]7C[C@H]7N6C(=O)[C@@H](NC(=O)OC)c6ccccc6)nc54)c3)cc2[nH]1)c1ccccc1. The van der Waals surface area contributed by atoms with Crippen LogP contribution in [0.2, 0.25) is 0 Å². The minimum absolute atomic E-state index is 0.0977. The van der Waals surface area contributed by atoms with Crippen molar-refractivity contribution in [2.24, 2.45) is 11.8 Å². The molecule has 4 N–H and O–H groups in total. The molecule has 5 aromatic carbocycles. The van der Waals surface area contributed by atoms with Gasteiger partial charge in [0.1, 0.15) is 23.7 Å². The summed E-state index contributed by atoms with van der Waals surface area (Å²) < 4.78 is 9.77. The summed E-state index contributed by atoms with van der Waals surface area (Å²) >= 11 is 0. The summed E-state index contributed by atoms with van der Waals surface area (Å²) in [6.07, 6.45) is 2.12. The normalized spacial score (nSPS) is 22.5. The summed E-state index contributed by atoms with van der Waals surface area (Å²) in [6, 6.07) is 32.4. The summed E-state index contributed by atoms with van der Waals surface area (Å²) in [5.74, 6) is 8.51. The fourth-order valence-electron chi connectivity index (χ4n) is 10.0. The van der Waals surface area contributed by atoms with E-state index in [0.29, 0.717) is 28.8 Å². The minimum Gasteiger partial charge on any atom is -0.453 e. The number of piperidine rings is 2. The van der Waals surface area contributed by atoms with Crippen molar-refractivity contribution in [3.8, 4) is 11.8 Å². The number of ether oxygens (including phenoxy) is 2. The van der Waals surface area contributed by atoms with Crippen molar-refractivity contribution >= 4 is 56.8 Å². The van der Waals surface area contributed by atoms with Gasteiger partial charge in [-0.3, -0.25) is 9.59 Å². The first kappa shape index (κ1) is 39.2. The molecule has 320 valence electrons. The van der Waals surface area contributed by atoms with E-state index in [1.165, 1.54) is 14.2 Å². The molecule has 64 heavy (non-hydrogen) atoms. The van der Waals surface area contributed by atoms with Crippen molar-refractivity contribution in [2.75, 3.05) is 14.2 Å². The molecule has 2 aliphatic carbocycles. The lowest BCUT2D eigenvalue weighted by Crippen LogP contribution is -2.44. The van der Waals surface area contributed by atoms with E-state index >= 15 is 0 Å². The quantitative estimate of drug-likeness (QED) is 0.114. The third-order valence-corrected chi connectivity index (χ3v) is 13.3. The molecule has 0 bridgehead atoms. The molecular formula is C50H44N8O6. The first-order chi connectivity index (χ1) is 31.2. The third kappa shape index (κ3) is 7.03. The highest BCUT2D eigenvalue weighted by molar-refractivity contribution is 6.04. The van der Waals surface area contributed by atoms with E-state index in [1.807, 2.05) is 107 Å². The number of fused-ring (bicyclic) bond motifs is 6. The van der Waals surface area contributed by atoms with Crippen LogP contribution in [0.4, 0.5) is 9.59 Å². The Bertz CT molecular complexity index is 3070. The smallest absolute Gasteiger partial charge is 0.407 e. The van der Waals surface area contributed by atoms with Crippen LogP contribution in [0.15, 0.2) is 109 Å². The molecule has 4 amide bonds. The maximum atomic E-state index is 14.3. The van der Waals surface area contributed by atoms with Crippen LogP contribution < -0.4 is 10.6 Å². The van der Waals surface area contributed by atoms with E-state index in [4.69, 9.17) is 19.4 Å². The maximum Gasteiger partial charge on any atom is 0.407 e. The number of aromatic nitrogens is 4. The van der Waals surface area contributed by atoms with Crippen LogP contribution >= 0.6 is 0 Å². The van der Waals surface area contributed by atoms with Crippen LogP contribution in [0.5, 0.6) is 0 Å². The predicted octanol–water partition coefficient (Wildman–Crippen LogP) is 7.51. The van der Waals surface area contributed by atoms with Crippen LogP contribution in [0, 0.1) is 23.7 Å². The zero-order chi connectivity index (χ0) is 43.6. The van der Waals surface area contributed by atoms with Gasteiger partial charge in [-0.1, -0.05) is 84.6 Å². The van der Waals surface area contributed by atoms with Gasteiger partial charge in [0.25, 0.3) is 11.8 Å². The number of H-pyrrole nitrogens is 2. The highest BCUT2D eigenvalue weighted by atomic mass is 16.5. The van der Waals surface area contributed by atoms with Crippen LogP contribution in [-0.2, 0) is 19.1 Å². The minimum atomic E-state index is -0.887. The second kappa shape index (κ2) is 15.6. The second-order valence-electron chi connectivity index (χ2n) is 17.2. The average molecular weight is 853 g/mol. The van der Waals surface area contributed by atoms with E-state index in [0.717, 1.165) is 75.5 Å². The molecule has 11 rings (SSSR count). The van der Waals surface area contributed by atoms with E-state index in [2.05, 4.69) is 44.6 Å². The number of imidazole rings is 2. The molecule has 7 aromatic rings. The van der Waals surface area contributed by atoms with E-state index < -0.39 is 24.3 Å². The molecule has 4 heterocycles. The molecule has 14 heteroatoms. The summed E-state index contributed by atoms with van der Waals surface area (Å²) in [6.45, 7) is 0. The topological polar surface area (TPSA) is 175 Å². The van der Waals surface area contributed by atoms with Crippen molar-refractivity contribution in [3.05, 3.63) is 143 Å². The lowest BCUT2D eigenvalue weighted by molar-refractivity contribution is -0.136. The van der Waals surface area contributed by atoms with Gasteiger partial charge in [0, 0.05) is 28.6 Å². The standard InChI is InChI=1S/C50H44N8O6/c1-63-49(61)55-42(29-9-5-3-6-10-29)47(59)57-38-23-32(38)25-40(57)45-51-35-19-16-28(22-37(35)53-45)14-13-27-15-18-34-31(21-27)17-20-36-44(34)54-46(52-36)41-26-33-24-39(33)58(41)48(60)43(56-50(62)64-2)30-11-7-4-8-12-30/h3-12,15-22,32-33,38-43H,23-26H2,1-2H3,(H,51,53)(H,52,54)(H,55,61)(H,56,62)/t32-,33-,38-,39-,40+,41+,42+,43+/m1/s1. The van der Waals surface area contributed by atoms with Crippen LogP contribution in [0.1, 0.15) is 83.8 Å². The summed E-state index contributed by atoms with van der Waals surface area (Å²) in [5.41, 5.74) is 6.35. The zero-order valence-corrected chi connectivity index (χ0v) is 35.1. The molecule has 2 aliphatic heterocycles. The molecule has 8 atom stereocenters. The molecule has 2 saturated heterocycles. The molecule has 0 spiro atoms. The Morgan fingerprint density at radius 2 is 1.16 bits per heavy atom. The fraction of sp³-hybridized carbons (Fsp3) is 0.280.